The summed E-state index contributed by atoms with van der Waals surface area (Å²) in [7, 11) is 0. The van der Waals surface area contributed by atoms with Crippen LogP contribution in [0.25, 0.3) is 5.76 Å². The second kappa shape index (κ2) is 8.81. The van der Waals surface area contributed by atoms with E-state index in [4.69, 9.17) is 10.5 Å². The number of phenols is 1. The number of aliphatic hydroxyl groups excluding tert-OH is 3. The van der Waals surface area contributed by atoms with Crippen LogP contribution in [-0.4, -0.2) is 82.5 Å². The molecule has 196 valence electrons. The highest BCUT2D eigenvalue weighted by atomic mass is 16.5. The van der Waals surface area contributed by atoms with Gasteiger partial charge in [0.05, 0.1) is 24.8 Å². The van der Waals surface area contributed by atoms with Crippen LogP contribution >= 0.6 is 0 Å². The van der Waals surface area contributed by atoms with Gasteiger partial charge >= 0.3 is 0 Å². The van der Waals surface area contributed by atoms with Gasteiger partial charge in [-0.3, -0.25) is 14.5 Å². The summed E-state index contributed by atoms with van der Waals surface area (Å²) in [6, 6.07) is 2.62. The number of primary amides is 1. The van der Waals surface area contributed by atoms with E-state index in [2.05, 4.69) is 4.90 Å². The fourth-order valence-electron chi connectivity index (χ4n) is 6.95. The molecule has 0 spiro atoms. The number of allylic oxidation sites excluding steroid dienone is 2. The SMILES string of the molecule is NC(=O)C1=C(O)C2=C(O)C3=C(O)c4c(O)ccc(N5CCCC5)c4CC3CC2C(N2CCOCC2)C1=O. The van der Waals surface area contributed by atoms with E-state index in [0.29, 0.717) is 39.1 Å². The molecular formula is C27H31N3O7. The van der Waals surface area contributed by atoms with E-state index < -0.39 is 35.0 Å². The number of nitrogens with two attached hydrogens (primary N) is 1. The fourth-order valence-corrected chi connectivity index (χ4v) is 6.95. The maximum Gasteiger partial charge on any atom is 0.256 e. The summed E-state index contributed by atoms with van der Waals surface area (Å²) < 4.78 is 5.45. The number of benzene rings is 1. The van der Waals surface area contributed by atoms with E-state index in [1.807, 2.05) is 11.0 Å². The van der Waals surface area contributed by atoms with Crippen LogP contribution in [-0.2, 0) is 20.7 Å². The molecule has 0 saturated carbocycles. The molecule has 6 N–H and O–H groups in total. The number of hydrogen-bond donors (Lipinski definition) is 5. The number of amides is 1. The van der Waals surface area contributed by atoms with Crippen LogP contribution in [0.4, 0.5) is 5.69 Å². The third-order valence-electron chi connectivity index (χ3n) is 8.56. The molecule has 1 aromatic carbocycles. The van der Waals surface area contributed by atoms with Crippen molar-refractivity contribution in [2.24, 2.45) is 17.6 Å². The second-order valence-electron chi connectivity index (χ2n) is 10.5. The number of rotatable bonds is 3. The highest BCUT2D eigenvalue weighted by molar-refractivity contribution is 6.22. The van der Waals surface area contributed by atoms with Gasteiger partial charge in [0.25, 0.3) is 5.91 Å². The van der Waals surface area contributed by atoms with E-state index in [-0.39, 0.29) is 39.9 Å². The minimum atomic E-state index is -1.07. The van der Waals surface area contributed by atoms with Crippen LogP contribution in [0.1, 0.15) is 30.4 Å². The van der Waals surface area contributed by atoms with Gasteiger partial charge in [0.1, 0.15) is 28.6 Å². The molecule has 37 heavy (non-hydrogen) atoms. The lowest BCUT2D eigenvalue weighted by molar-refractivity contribution is -0.128. The van der Waals surface area contributed by atoms with Crippen LogP contribution < -0.4 is 10.6 Å². The first-order valence-electron chi connectivity index (χ1n) is 12.9. The highest BCUT2D eigenvalue weighted by Gasteiger charge is 2.52. The van der Waals surface area contributed by atoms with Crippen molar-refractivity contribution in [1.29, 1.82) is 0 Å². The van der Waals surface area contributed by atoms with E-state index >= 15 is 0 Å². The van der Waals surface area contributed by atoms with Crippen molar-refractivity contribution in [3.8, 4) is 5.75 Å². The number of Topliss-reactive ketones (excluding diaryl/α,β-unsaturated/α-hetero) is 1. The van der Waals surface area contributed by atoms with E-state index in [1.165, 1.54) is 0 Å². The molecule has 3 aliphatic carbocycles. The number of nitrogens with zero attached hydrogens (tertiary/aromatic N) is 2. The Bertz CT molecular complexity index is 1280. The predicted molar refractivity (Wildman–Crippen MR) is 134 cm³/mol. The molecule has 1 aromatic rings. The van der Waals surface area contributed by atoms with E-state index in [9.17, 15) is 30.0 Å². The van der Waals surface area contributed by atoms with Gasteiger partial charge in [0.2, 0.25) is 0 Å². The summed E-state index contributed by atoms with van der Waals surface area (Å²) in [6.07, 6.45) is 2.94. The van der Waals surface area contributed by atoms with E-state index in [0.717, 1.165) is 37.2 Å². The van der Waals surface area contributed by atoms with Crippen molar-refractivity contribution in [3.63, 3.8) is 0 Å². The average Bonchev–Trinajstić information content (AvgIpc) is 3.39. The molecule has 5 aliphatic rings. The first-order valence-corrected chi connectivity index (χ1v) is 12.9. The lowest BCUT2D eigenvalue weighted by Crippen LogP contribution is -2.56. The monoisotopic (exact) mass is 509 g/mol. The Kier molecular flexibility index (Phi) is 5.68. The first kappa shape index (κ1) is 23.9. The van der Waals surface area contributed by atoms with Crippen molar-refractivity contribution in [3.05, 3.63) is 51.5 Å². The Balaban J connectivity index is 1.53. The number of fused-ring (bicyclic) bond motifs is 3. The van der Waals surface area contributed by atoms with Crippen LogP contribution in [0.3, 0.4) is 0 Å². The molecule has 2 fully saturated rings. The third-order valence-corrected chi connectivity index (χ3v) is 8.56. The van der Waals surface area contributed by atoms with Gasteiger partial charge in [-0.15, -0.1) is 0 Å². The lowest BCUT2D eigenvalue weighted by atomic mass is 9.64. The van der Waals surface area contributed by atoms with Gasteiger partial charge in [0, 0.05) is 48.9 Å². The number of phenolic OH excluding ortho intramolecular Hbond substituents is 1. The highest BCUT2D eigenvalue weighted by Crippen LogP contribution is 2.53. The van der Waals surface area contributed by atoms with Gasteiger partial charge < -0.3 is 35.8 Å². The Morgan fingerprint density at radius 1 is 0.946 bits per heavy atom. The number of morpholine rings is 1. The average molecular weight is 510 g/mol. The van der Waals surface area contributed by atoms with Crippen LogP contribution in [0.15, 0.2) is 40.4 Å². The maximum absolute atomic E-state index is 13.5. The number of aromatic hydroxyl groups is 1. The molecule has 0 bridgehead atoms. The minimum absolute atomic E-state index is 0.0429. The Morgan fingerprint density at radius 3 is 2.32 bits per heavy atom. The topological polar surface area (TPSA) is 157 Å². The normalized spacial score (nSPS) is 28.4. The molecule has 0 radical (unpaired) electrons. The van der Waals surface area contributed by atoms with Gasteiger partial charge in [-0.05, 0) is 49.3 Å². The largest absolute Gasteiger partial charge is 0.507 e. The zero-order chi connectivity index (χ0) is 26.0. The number of aliphatic hydroxyl groups is 3. The lowest BCUT2D eigenvalue weighted by Gasteiger charge is -2.46. The van der Waals surface area contributed by atoms with Crippen molar-refractivity contribution in [2.45, 2.75) is 31.7 Å². The Hall–Kier alpha value is -3.50. The van der Waals surface area contributed by atoms with Gasteiger partial charge in [0.15, 0.2) is 5.78 Å². The molecule has 3 atom stereocenters. The molecule has 0 aromatic heterocycles. The van der Waals surface area contributed by atoms with Crippen molar-refractivity contribution in [1.82, 2.24) is 4.90 Å². The molecule has 10 heteroatoms. The van der Waals surface area contributed by atoms with Crippen LogP contribution in [0.2, 0.25) is 0 Å². The van der Waals surface area contributed by atoms with Crippen molar-refractivity contribution < 1.29 is 34.8 Å². The summed E-state index contributed by atoms with van der Waals surface area (Å²) in [6.45, 7) is 3.54. The summed E-state index contributed by atoms with van der Waals surface area (Å²) in [5.41, 5.74) is 7.25. The second-order valence-corrected chi connectivity index (χ2v) is 10.5. The van der Waals surface area contributed by atoms with Gasteiger partial charge in [-0.2, -0.15) is 0 Å². The molecule has 6 rings (SSSR count). The molecular weight excluding hydrogens is 478 g/mol. The molecule has 10 nitrogen and oxygen atoms in total. The van der Waals surface area contributed by atoms with Crippen LogP contribution in [0, 0.1) is 11.8 Å². The maximum atomic E-state index is 13.5. The van der Waals surface area contributed by atoms with Gasteiger partial charge in [-0.25, -0.2) is 0 Å². The van der Waals surface area contributed by atoms with Crippen molar-refractivity contribution in [2.75, 3.05) is 44.3 Å². The number of carbonyl (C=O) groups is 2. The fraction of sp³-hybridized carbons (Fsp3) is 0.481. The zero-order valence-corrected chi connectivity index (χ0v) is 20.4. The molecule has 2 saturated heterocycles. The number of carbonyl (C=O) groups excluding carboxylic acids is 2. The first-order chi connectivity index (χ1) is 17.8. The number of anilines is 1. The molecule has 2 aliphatic heterocycles. The van der Waals surface area contributed by atoms with Gasteiger partial charge in [-0.1, -0.05) is 0 Å². The Morgan fingerprint density at radius 2 is 1.65 bits per heavy atom. The summed E-state index contributed by atoms with van der Waals surface area (Å²) >= 11 is 0. The third kappa shape index (κ3) is 3.53. The molecule has 2 heterocycles. The van der Waals surface area contributed by atoms with Crippen molar-refractivity contribution >= 4 is 23.1 Å². The smallest absolute Gasteiger partial charge is 0.256 e. The van der Waals surface area contributed by atoms with Crippen LogP contribution in [0.5, 0.6) is 5.75 Å². The number of hydrogen-bond acceptors (Lipinski definition) is 9. The standard InChI is InChI=1S/C27H31N3O7/c28-27(36)21-25(34)20-15(22(26(21)35)30-7-9-37-10-8-30)12-13-11-14-16(29-5-1-2-6-29)3-4-17(31)19(14)23(32)18(13)24(20)33/h3-4,13,15,22,31-34H,1-2,5-12H2,(H2,28,36). The quantitative estimate of drug-likeness (QED) is 0.384. The predicted octanol–water partition coefficient (Wildman–Crippen LogP) is 1.85. The summed E-state index contributed by atoms with van der Waals surface area (Å²) in [4.78, 5) is 29.9. The summed E-state index contributed by atoms with van der Waals surface area (Å²) in [5.74, 6) is -3.93. The molecule has 3 unspecified atom stereocenters. The molecule has 1 amide bonds. The van der Waals surface area contributed by atoms with E-state index in [1.54, 1.807) is 6.07 Å². The number of ketones is 1. The Labute approximate surface area is 213 Å². The zero-order valence-electron chi connectivity index (χ0n) is 20.4. The minimum Gasteiger partial charge on any atom is -0.507 e. The number of ether oxygens (including phenoxy) is 1. The summed E-state index contributed by atoms with van der Waals surface area (Å²) in [5, 5.41) is 44.7.